The molecule has 1 aromatic carbocycles. The van der Waals surface area contributed by atoms with Crippen molar-refractivity contribution < 1.29 is 4.79 Å². The summed E-state index contributed by atoms with van der Waals surface area (Å²) in [6, 6.07) is 7.58. The van der Waals surface area contributed by atoms with Gasteiger partial charge in [-0.2, -0.15) is 5.10 Å². The second kappa shape index (κ2) is 5.85. The first-order valence-electron chi connectivity index (χ1n) is 7.11. The van der Waals surface area contributed by atoms with Crippen LogP contribution in [0.4, 0.5) is 0 Å². The number of benzene rings is 1. The Morgan fingerprint density at radius 3 is 2.86 bits per heavy atom. The Kier molecular flexibility index (Phi) is 3.90. The van der Waals surface area contributed by atoms with E-state index in [4.69, 9.17) is 11.6 Å². The third kappa shape index (κ3) is 2.72. The minimum atomic E-state index is -0.131. The molecule has 3 rings (SSSR count). The van der Waals surface area contributed by atoms with Crippen LogP contribution in [0.5, 0.6) is 0 Å². The number of fused-ring (bicyclic) bond motifs is 1. The quantitative estimate of drug-likeness (QED) is 0.777. The van der Waals surface area contributed by atoms with Crippen molar-refractivity contribution >= 4 is 28.4 Å². The van der Waals surface area contributed by atoms with Crippen molar-refractivity contribution in [1.29, 1.82) is 0 Å². The summed E-state index contributed by atoms with van der Waals surface area (Å²) in [5, 5.41) is 8.78. The standard InChI is InChI=1S/C16H17ClN4O/c1-10-6-8-21(20-10)9-7-18-16(22)14-11(2)12-4-3-5-13(17)15(12)19-14/h3-6,8,19H,7,9H2,1-2H3,(H,18,22). The van der Waals surface area contributed by atoms with Crippen LogP contribution >= 0.6 is 11.6 Å². The van der Waals surface area contributed by atoms with E-state index in [1.807, 2.05) is 49.0 Å². The van der Waals surface area contributed by atoms with Crippen LogP contribution < -0.4 is 5.32 Å². The highest BCUT2D eigenvalue weighted by Gasteiger charge is 2.15. The lowest BCUT2D eigenvalue weighted by Crippen LogP contribution is -2.28. The van der Waals surface area contributed by atoms with E-state index >= 15 is 0 Å². The Labute approximate surface area is 133 Å². The summed E-state index contributed by atoms with van der Waals surface area (Å²) >= 11 is 6.16. The zero-order chi connectivity index (χ0) is 15.7. The van der Waals surface area contributed by atoms with Crippen LogP contribution in [0.1, 0.15) is 21.7 Å². The zero-order valence-corrected chi connectivity index (χ0v) is 13.2. The molecule has 2 N–H and O–H groups in total. The SMILES string of the molecule is Cc1ccn(CCNC(=O)c2[nH]c3c(Cl)cccc3c2C)n1. The van der Waals surface area contributed by atoms with Crippen molar-refractivity contribution in [3.05, 3.63) is 52.4 Å². The maximum absolute atomic E-state index is 12.3. The number of nitrogens with one attached hydrogen (secondary N) is 2. The van der Waals surface area contributed by atoms with Gasteiger partial charge >= 0.3 is 0 Å². The first-order chi connectivity index (χ1) is 10.6. The minimum absolute atomic E-state index is 0.131. The van der Waals surface area contributed by atoms with Gasteiger partial charge in [0.2, 0.25) is 0 Å². The molecule has 6 heteroatoms. The van der Waals surface area contributed by atoms with Gasteiger partial charge in [0.05, 0.1) is 22.8 Å². The van der Waals surface area contributed by atoms with Gasteiger partial charge in [0.1, 0.15) is 5.69 Å². The summed E-state index contributed by atoms with van der Waals surface area (Å²) in [5.74, 6) is -0.131. The Balaban J connectivity index is 1.72. The van der Waals surface area contributed by atoms with Crippen LogP contribution in [0.25, 0.3) is 10.9 Å². The van der Waals surface area contributed by atoms with Gasteiger partial charge in [0.25, 0.3) is 5.91 Å². The first kappa shape index (κ1) is 14.7. The maximum Gasteiger partial charge on any atom is 0.268 e. The predicted octanol–water partition coefficient (Wildman–Crippen LogP) is 3.06. The molecule has 0 fully saturated rings. The number of hydrogen-bond acceptors (Lipinski definition) is 2. The molecule has 0 saturated carbocycles. The fourth-order valence-electron chi connectivity index (χ4n) is 2.50. The number of amides is 1. The molecule has 0 bridgehead atoms. The van der Waals surface area contributed by atoms with Crippen molar-refractivity contribution in [3.63, 3.8) is 0 Å². The molecule has 0 atom stereocenters. The lowest BCUT2D eigenvalue weighted by atomic mass is 10.1. The summed E-state index contributed by atoms with van der Waals surface area (Å²) in [4.78, 5) is 15.4. The van der Waals surface area contributed by atoms with Gasteiger partial charge in [-0.05, 0) is 31.5 Å². The summed E-state index contributed by atoms with van der Waals surface area (Å²) in [5.41, 5.74) is 3.23. The average molecular weight is 317 g/mol. The molecule has 2 aromatic heterocycles. The van der Waals surface area contributed by atoms with E-state index in [-0.39, 0.29) is 5.91 Å². The number of rotatable bonds is 4. The van der Waals surface area contributed by atoms with E-state index in [1.165, 1.54) is 0 Å². The van der Waals surface area contributed by atoms with Gasteiger partial charge < -0.3 is 10.3 Å². The van der Waals surface area contributed by atoms with E-state index in [1.54, 1.807) is 0 Å². The molecule has 0 aliphatic carbocycles. The normalized spacial score (nSPS) is 11.0. The Morgan fingerprint density at radius 2 is 2.18 bits per heavy atom. The number of para-hydroxylation sites is 1. The van der Waals surface area contributed by atoms with Gasteiger partial charge in [-0.1, -0.05) is 23.7 Å². The highest BCUT2D eigenvalue weighted by Crippen LogP contribution is 2.27. The second-order valence-electron chi connectivity index (χ2n) is 5.26. The number of nitrogens with zero attached hydrogens (tertiary/aromatic N) is 2. The number of H-pyrrole nitrogens is 1. The molecule has 5 nitrogen and oxygen atoms in total. The van der Waals surface area contributed by atoms with Crippen LogP contribution in [0.3, 0.4) is 0 Å². The van der Waals surface area contributed by atoms with Crippen molar-refractivity contribution in [2.24, 2.45) is 0 Å². The molecule has 1 amide bonds. The van der Waals surface area contributed by atoms with Gasteiger partial charge in [0.15, 0.2) is 0 Å². The molecule has 0 aliphatic rings. The predicted molar refractivity (Wildman–Crippen MR) is 87.3 cm³/mol. The molecule has 22 heavy (non-hydrogen) atoms. The number of halogens is 1. The van der Waals surface area contributed by atoms with Crippen molar-refractivity contribution in [2.75, 3.05) is 6.54 Å². The summed E-state index contributed by atoms with van der Waals surface area (Å²) in [6.45, 7) is 5.01. The Bertz CT molecular complexity index is 834. The van der Waals surface area contributed by atoms with Crippen LogP contribution in [0.2, 0.25) is 5.02 Å². The van der Waals surface area contributed by atoms with Gasteiger partial charge in [-0.3, -0.25) is 9.48 Å². The van der Waals surface area contributed by atoms with Gasteiger partial charge in [-0.15, -0.1) is 0 Å². The number of carbonyl (C=O) groups excluding carboxylic acids is 1. The van der Waals surface area contributed by atoms with Crippen LogP contribution in [0.15, 0.2) is 30.5 Å². The summed E-state index contributed by atoms with van der Waals surface area (Å²) in [6.07, 6.45) is 1.90. The van der Waals surface area contributed by atoms with E-state index in [2.05, 4.69) is 15.4 Å². The highest BCUT2D eigenvalue weighted by atomic mass is 35.5. The Hall–Kier alpha value is -2.27. The lowest BCUT2D eigenvalue weighted by Gasteiger charge is -2.05. The zero-order valence-electron chi connectivity index (χ0n) is 12.5. The molecular formula is C16H17ClN4O. The van der Waals surface area contributed by atoms with Crippen LogP contribution in [-0.2, 0) is 6.54 Å². The smallest absolute Gasteiger partial charge is 0.268 e. The largest absolute Gasteiger partial charge is 0.349 e. The number of aromatic nitrogens is 3. The third-order valence-corrected chi connectivity index (χ3v) is 3.99. The molecule has 114 valence electrons. The van der Waals surface area contributed by atoms with Crippen LogP contribution in [0, 0.1) is 13.8 Å². The third-order valence-electron chi connectivity index (χ3n) is 3.67. The van der Waals surface area contributed by atoms with E-state index < -0.39 is 0 Å². The molecular weight excluding hydrogens is 300 g/mol. The molecule has 0 radical (unpaired) electrons. The molecule has 0 aliphatic heterocycles. The van der Waals surface area contributed by atoms with Gasteiger partial charge in [-0.25, -0.2) is 0 Å². The molecule has 2 heterocycles. The van der Waals surface area contributed by atoms with E-state index in [0.717, 1.165) is 22.2 Å². The average Bonchev–Trinajstić information content (AvgIpc) is 3.04. The van der Waals surface area contributed by atoms with Gasteiger partial charge in [0, 0.05) is 18.1 Å². The number of aryl methyl sites for hydroxylation is 2. The number of aromatic amines is 1. The topological polar surface area (TPSA) is 62.7 Å². The number of hydrogen-bond donors (Lipinski definition) is 2. The summed E-state index contributed by atoms with van der Waals surface area (Å²) < 4.78 is 1.81. The minimum Gasteiger partial charge on any atom is -0.349 e. The van der Waals surface area contributed by atoms with E-state index in [0.29, 0.717) is 23.8 Å². The van der Waals surface area contributed by atoms with E-state index in [9.17, 15) is 4.79 Å². The van der Waals surface area contributed by atoms with Crippen molar-refractivity contribution in [2.45, 2.75) is 20.4 Å². The lowest BCUT2D eigenvalue weighted by molar-refractivity contribution is 0.0947. The maximum atomic E-state index is 12.3. The fourth-order valence-corrected chi connectivity index (χ4v) is 2.73. The van der Waals surface area contributed by atoms with Crippen molar-refractivity contribution in [1.82, 2.24) is 20.1 Å². The highest BCUT2D eigenvalue weighted by molar-refractivity contribution is 6.35. The molecule has 0 unspecified atom stereocenters. The molecule has 0 saturated heterocycles. The fraction of sp³-hybridized carbons (Fsp3) is 0.250. The summed E-state index contributed by atoms with van der Waals surface area (Å²) in [7, 11) is 0. The Morgan fingerprint density at radius 1 is 1.36 bits per heavy atom. The molecule has 3 aromatic rings. The monoisotopic (exact) mass is 316 g/mol. The van der Waals surface area contributed by atoms with Crippen molar-refractivity contribution in [3.8, 4) is 0 Å². The first-order valence-corrected chi connectivity index (χ1v) is 7.49. The van der Waals surface area contributed by atoms with Crippen LogP contribution in [-0.4, -0.2) is 27.2 Å². The molecule has 0 spiro atoms. The number of carbonyl (C=O) groups is 1. The second-order valence-corrected chi connectivity index (χ2v) is 5.67.